The summed E-state index contributed by atoms with van der Waals surface area (Å²) in [4.78, 5) is 26.4. The zero-order valence-electron chi connectivity index (χ0n) is 15.2. The highest BCUT2D eigenvalue weighted by molar-refractivity contribution is 5.99. The molecule has 8 heteroatoms. The number of rotatable bonds is 2. The number of carboxylic acids is 1. The summed E-state index contributed by atoms with van der Waals surface area (Å²) in [6.45, 7) is 0.708. The van der Waals surface area contributed by atoms with E-state index in [0.717, 1.165) is 25.7 Å². The van der Waals surface area contributed by atoms with E-state index in [-0.39, 0.29) is 29.5 Å². The Balaban J connectivity index is 1.90. The van der Waals surface area contributed by atoms with Gasteiger partial charge in [-0.3, -0.25) is 4.79 Å². The van der Waals surface area contributed by atoms with Crippen molar-refractivity contribution in [1.82, 2.24) is 4.57 Å². The van der Waals surface area contributed by atoms with Gasteiger partial charge in [0.25, 0.3) is 0 Å². The first-order chi connectivity index (χ1) is 13.5. The Hall–Kier alpha value is -2.90. The maximum Gasteiger partial charge on any atom is 0.341 e. The molecule has 1 aromatic carbocycles. The van der Waals surface area contributed by atoms with Gasteiger partial charge in [0, 0.05) is 48.6 Å². The van der Waals surface area contributed by atoms with Crippen molar-refractivity contribution in [2.75, 3.05) is 11.4 Å². The fourth-order valence-corrected chi connectivity index (χ4v) is 4.80. The number of fused-ring (bicyclic) bond motifs is 5. The SMILES string of the molecule is O=C(O)c1cn(C2CC2)c2c3c(c(F)cc2c1=O)N1CCCC1C/C(=N\O)C3. The second-order valence-corrected chi connectivity index (χ2v) is 7.93. The number of benzene rings is 1. The van der Waals surface area contributed by atoms with Crippen LogP contribution in [0.4, 0.5) is 10.1 Å². The molecule has 0 spiro atoms. The molecule has 1 saturated carbocycles. The van der Waals surface area contributed by atoms with Crippen molar-refractivity contribution in [2.24, 2.45) is 5.16 Å². The molecule has 3 heterocycles. The lowest BCUT2D eigenvalue weighted by Gasteiger charge is -2.27. The average Bonchev–Trinajstić information content (AvgIpc) is 3.44. The van der Waals surface area contributed by atoms with Gasteiger partial charge in [-0.25, -0.2) is 9.18 Å². The Labute approximate surface area is 159 Å². The van der Waals surface area contributed by atoms with Crippen LogP contribution in [0.3, 0.4) is 0 Å². The number of carboxylic acid groups (broad SMARTS) is 1. The summed E-state index contributed by atoms with van der Waals surface area (Å²) in [5.41, 5.74) is 1.19. The van der Waals surface area contributed by atoms with Gasteiger partial charge in [0.2, 0.25) is 5.43 Å². The van der Waals surface area contributed by atoms with Gasteiger partial charge in [-0.05, 0) is 31.7 Å². The number of pyridine rings is 1. The Kier molecular flexibility index (Phi) is 3.72. The van der Waals surface area contributed by atoms with Crippen molar-refractivity contribution in [2.45, 2.75) is 50.6 Å². The van der Waals surface area contributed by atoms with Gasteiger partial charge in [-0.15, -0.1) is 0 Å². The molecule has 3 aliphatic rings. The van der Waals surface area contributed by atoms with E-state index >= 15 is 4.39 Å². The van der Waals surface area contributed by atoms with Crippen LogP contribution in [-0.2, 0) is 6.42 Å². The molecule has 2 aliphatic heterocycles. The second kappa shape index (κ2) is 6.05. The highest BCUT2D eigenvalue weighted by Gasteiger charge is 2.36. The molecule has 0 radical (unpaired) electrons. The first-order valence-corrected chi connectivity index (χ1v) is 9.59. The lowest BCUT2D eigenvalue weighted by atomic mass is 9.98. The molecular weight excluding hydrogens is 365 g/mol. The summed E-state index contributed by atoms with van der Waals surface area (Å²) in [6, 6.07) is 1.36. The van der Waals surface area contributed by atoms with Crippen LogP contribution in [0.25, 0.3) is 10.9 Å². The number of nitrogens with zero attached hydrogens (tertiary/aromatic N) is 3. The Morgan fingerprint density at radius 3 is 2.71 bits per heavy atom. The van der Waals surface area contributed by atoms with E-state index in [9.17, 15) is 19.9 Å². The number of oxime groups is 1. The standard InChI is InChI=1S/C20H20FN3O4/c21-16-8-14-17(24(11-3-4-11)9-15(19(14)25)20(26)27)13-7-10(22-28)6-12-2-1-5-23(12)18(13)16/h8-9,11-12,28H,1-7H2,(H,26,27)/b22-10+. The van der Waals surface area contributed by atoms with Gasteiger partial charge in [-0.1, -0.05) is 5.16 Å². The Morgan fingerprint density at radius 2 is 2.04 bits per heavy atom. The van der Waals surface area contributed by atoms with Crippen LogP contribution in [-0.4, -0.2) is 39.1 Å². The van der Waals surface area contributed by atoms with Crippen LogP contribution in [0.2, 0.25) is 0 Å². The molecule has 2 N–H and O–H groups in total. The molecule has 1 atom stereocenters. The van der Waals surface area contributed by atoms with Crippen molar-refractivity contribution < 1.29 is 19.5 Å². The zero-order chi connectivity index (χ0) is 19.6. The van der Waals surface area contributed by atoms with E-state index in [1.165, 1.54) is 12.3 Å². The van der Waals surface area contributed by atoms with Gasteiger partial charge in [0.15, 0.2) is 0 Å². The fourth-order valence-electron chi connectivity index (χ4n) is 4.80. The lowest BCUT2D eigenvalue weighted by Crippen LogP contribution is -2.30. The number of halogens is 1. The second-order valence-electron chi connectivity index (χ2n) is 7.93. The zero-order valence-corrected chi connectivity index (χ0v) is 15.2. The normalized spacial score (nSPS) is 23.0. The van der Waals surface area contributed by atoms with Crippen LogP contribution in [0, 0.1) is 5.82 Å². The van der Waals surface area contributed by atoms with Gasteiger partial charge in [0.05, 0.1) is 16.9 Å². The smallest absolute Gasteiger partial charge is 0.341 e. The number of anilines is 1. The average molecular weight is 385 g/mol. The van der Waals surface area contributed by atoms with Gasteiger partial charge in [-0.2, -0.15) is 0 Å². The molecule has 1 unspecified atom stereocenters. The van der Waals surface area contributed by atoms with Crippen LogP contribution < -0.4 is 10.3 Å². The fraction of sp³-hybridized carbons (Fsp3) is 0.450. The molecular formula is C20H20FN3O4. The third kappa shape index (κ3) is 2.43. The first kappa shape index (κ1) is 17.2. The molecule has 0 bridgehead atoms. The summed E-state index contributed by atoms with van der Waals surface area (Å²) in [5, 5.41) is 22.5. The van der Waals surface area contributed by atoms with E-state index < -0.39 is 17.2 Å². The largest absolute Gasteiger partial charge is 0.477 e. The Bertz CT molecular complexity index is 1100. The topological polar surface area (TPSA) is 95.1 Å². The minimum absolute atomic E-state index is 0.0680. The molecule has 2 aromatic rings. The van der Waals surface area contributed by atoms with Crippen molar-refractivity contribution >= 4 is 28.3 Å². The van der Waals surface area contributed by atoms with E-state index in [1.54, 1.807) is 0 Å². The van der Waals surface area contributed by atoms with Crippen LogP contribution in [0.1, 0.15) is 54.1 Å². The Morgan fingerprint density at radius 1 is 1.25 bits per heavy atom. The summed E-state index contributed by atoms with van der Waals surface area (Å²) in [5.74, 6) is -1.83. The third-order valence-corrected chi connectivity index (χ3v) is 6.17. The highest BCUT2D eigenvalue weighted by atomic mass is 19.1. The van der Waals surface area contributed by atoms with Crippen LogP contribution in [0.15, 0.2) is 22.2 Å². The maximum absolute atomic E-state index is 15.3. The molecule has 1 aromatic heterocycles. The number of aromatic nitrogens is 1. The molecule has 5 rings (SSSR count). The van der Waals surface area contributed by atoms with Crippen molar-refractivity contribution in [1.29, 1.82) is 0 Å². The monoisotopic (exact) mass is 385 g/mol. The minimum Gasteiger partial charge on any atom is -0.477 e. The molecule has 1 saturated heterocycles. The van der Waals surface area contributed by atoms with E-state index in [4.69, 9.17) is 0 Å². The quantitative estimate of drug-likeness (QED) is 0.612. The number of carbonyl (C=O) groups is 1. The first-order valence-electron chi connectivity index (χ1n) is 9.59. The number of hydrogen-bond acceptors (Lipinski definition) is 5. The molecule has 7 nitrogen and oxygen atoms in total. The number of aromatic carboxylic acids is 1. The van der Waals surface area contributed by atoms with Gasteiger partial charge in [0.1, 0.15) is 11.4 Å². The lowest BCUT2D eigenvalue weighted by molar-refractivity contribution is 0.0695. The van der Waals surface area contributed by atoms with Crippen LogP contribution >= 0.6 is 0 Å². The van der Waals surface area contributed by atoms with Gasteiger partial charge < -0.3 is 19.8 Å². The van der Waals surface area contributed by atoms with E-state index in [1.807, 2.05) is 9.47 Å². The summed E-state index contributed by atoms with van der Waals surface area (Å²) < 4.78 is 17.1. The minimum atomic E-state index is -1.31. The molecule has 28 heavy (non-hydrogen) atoms. The highest BCUT2D eigenvalue weighted by Crippen LogP contribution is 2.43. The summed E-state index contributed by atoms with van der Waals surface area (Å²) >= 11 is 0. The third-order valence-electron chi connectivity index (χ3n) is 6.17. The van der Waals surface area contributed by atoms with E-state index in [0.29, 0.717) is 35.4 Å². The maximum atomic E-state index is 15.3. The molecule has 1 aliphatic carbocycles. The van der Waals surface area contributed by atoms with Crippen LogP contribution in [0.5, 0.6) is 0 Å². The molecule has 146 valence electrons. The van der Waals surface area contributed by atoms with Gasteiger partial charge >= 0.3 is 5.97 Å². The van der Waals surface area contributed by atoms with E-state index in [2.05, 4.69) is 5.16 Å². The predicted molar refractivity (Wildman–Crippen MR) is 101 cm³/mol. The van der Waals surface area contributed by atoms with Crippen molar-refractivity contribution in [3.8, 4) is 0 Å². The molecule has 2 fully saturated rings. The summed E-state index contributed by atoms with van der Waals surface area (Å²) in [6.07, 6.45) is 5.77. The van der Waals surface area contributed by atoms with Crippen molar-refractivity contribution in [3.05, 3.63) is 39.4 Å². The number of hydrogen-bond donors (Lipinski definition) is 2. The van der Waals surface area contributed by atoms with Crippen molar-refractivity contribution in [3.63, 3.8) is 0 Å². The predicted octanol–water partition coefficient (Wildman–Crippen LogP) is 2.92. The summed E-state index contributed by atoms with van der Waals surface area (Å²) in [7, 11) is 0. The molecule has 0 amide bonds.